The Morgan fingerprint density at radius 1 is 1.47 bits per heavy atom. The van der Waals surface area contributed by atoms with Crippen LogP contribution in [0.4, 0.5) is 10.5 Å². The van der Waals surface area contributed by atoms with Crippen molar-refractivity contribution in [2.24, 2.45) is 0 Å². The molecule has 1 fully saturated rings. The molecular formula is C14H20N2O3. The first-order valence-electron chi connectivity index (χ1n) is 6.41. The van der Waals surface area contributed by atoms with Gasteiger partial charge in [0.25, 0.3) is 0 Å². The van der Waals surface area contributed by atoms with Gasteiger partial charge in [-0.05, 0) is 39.8 Å². The highest BCUT2D eigenvalue weighted by Crippen LogP contribution is 2.32. The van der Waals surface area contributed by atoms with Gasteiger partial charge in [-0.1, -0.05) is 6.07 Å². The fourth-order valence-electron chi connectivity index (χ4n) is 1.89. The molecule has 1 saturated heterocycles. The topological polar surface area (TPSA) is 70.6 Å². The van der Waals surface area contributed by atoms with Crippen molar-refractivity contribution in [1.82, 2.24) is 5.32 Å². The summed E-state index contributed by atoms with van der Waals surface area (Å²) in [7, 11) is 0. The van der Waals surface area contributed by atoms with E-state index in [4.69, 9.17) is 4.74 Å². The predicted octanol–water partition coefficient (Wildman–Crippen LogP) is 2.77. The lowest BCUT2D eigenvalue weighted by molar-refractivity contribution is 0.0636. The lowest BCUT2D eigenvalue weighted by Crippen LogP contribution is -2.34. The SMILES string of the molecule is CC(C)(C)OC(=O)Nc1ccc(C2CCN2)c(O)c1. The molecule has 0 spiro atoms. The number of nitrogens with one attached hydrogen (secondary N) is 2. The Balaban J connectivity index is 2.01. The Morgan fingerprint density at radius 2 is 2.16 bits per heavy atom. The molecule has 1 aliphatic rings. The quantitative estimate of drug-likeness (QED) is 0.768. The van der Waals surface area contributed by atoms with Crippen LogP contribution in [0.5, 0.6) is 5.75 Å². The summed E-state index contributed by atoms with van der Waals surface area (Å²) >= 11 is 0. The summed E-state index contributed by atoms with van der Waals surface area (Å²) in [6.45, 7) is 6.38. The second kappa shape index (κ2) is 5.09. The standard InChI is InChI=1S/C14H20N2O3/c1-14(2,3)19-13(18)16-9-4-5-10(12(17)8-9)11-6-7-15-11/h4-5,8,11,15,17H,6-7H2,1-3H3,(H,16,18). The summed E-state index contributed by atoms with van der Waals surface area (Å²) in [5.74, 6) is 0.186. The zero-order chi connectivity index (χ0) is 14.0. The molecule has 19 heavy (non-hydrogen) atoms. The molecule has 0 aliphatic carbocycles. The number of anilines is 1. The third kappa shape index (κ3) is 3.61. The van der Waals surface area contributed by atoms with Crippen LogP contribution in [0, 0.1) is 0 Å². The van der Waals surface area contributed by atoms with Gasteiger partial charge < -0.3 is 15.2 Å². The number of aromatic hydroxyl groups is 1. The molecule has 0 aromatic heterocycles. The van der Waals surface area contributed by atoms with E-state index in [0.717, 1.165) is 18.5 Å². The van der Waals surface area contributed by atoms with Gasteiger partial charge in [-0.15, -0.1) is 0 Å². The summed E-state index contributed by atoms with van der Waals surface area (Å²) in [5, 5.41) is 15.8. The van der Waals surface area contributed by atoms with E-state index in [1.165, 1.54) is 0 Å². The molecule has 5 nitrogen and oxygen atoms in total. The highest BCUT2D eigenvalue weighted by atomic mass is 16.6. The van der Waals surface area contributed by atoms with Crippen LogP contribution in [0.2, 0.25) is 0 Å². The van der Waals surface area contributed by atoms with Gasteiger partial charge in [-0.3, -0.25) is 5.32 Å². The molecule has 3 N–H and O–H groups in total. The predicted molar refractivity (Wildman–Crippen MR) is 73.3 cm³/mol. The van der Waals surface area contributed by atoms with Crippen LogP contribution in [0.25, 0.3) is 0 Å². The molecule has 1 unspecified atom stereocenters. The average Bonchev–Trinajstić information content (AvgIpc) is 2.16. The number of ether oxygens (including phenoxy) is 1. The second-order valence-corrected chi connectivity index (χ2v) is 5.70. The summed E-state index contributed by atoms with van der Waals surface area (Å²) in [5.41, 5.74) is 0.845. The van der Waals surface area contributed by atoms with Crippen LogP contribution >= 0.6 is 0 Å². The highest BCUT2D eigenvalue weighted by Gasteiger charge is 2.22. The molecule has 104 valence electrons. The molecular weight excluding hydrogens is 244 g/mol. The maximum Gasteiger partial charge on any atom is 0.412 e. The van der Waals surface area contributed by atoms with Crippen LogP contribution in [0.1, 0.15) is 38.8 Å². The summed E-state index contributed by atoms with van der Waals surface area (Å²) < 4.78 is 5.15. The smallest absolute Gasteiger partial charge is 0.412 e. The van der Waals surface area contributed by atoms with Gasteiger partial charge in [0.2, 0.25) is 0 Å². The first kappa shape index (κ1) is 13.7. The number of amides is 1. The molecule has 5 heteroatoms. The van der Waals surface area contributed by atoms with E-state index in [0.29, 0.717) is 5.69 Å². The number of benzene rings is 1. The van der Waals surface area contributed by atoms with Crippen LogP contribution in [-0.2, 0) is 4.74 Å². The van der Waals surface area contributed by atoms with Gasteiger partial charge in [-0.25, -0.2) is 4.79 Å². The number of phenolic OH excluding ortho intramolecular Hbond substituents is 1. The summed E-state index contributed by atoms with van der Waals surface area (Å²) in [4.78, 5) is 11.6. The van der Waals surface area contributed by atoms with Crippen molar-refractivity contribution in [1.29, 1.82) is 0 Å². The third-order valence-electron chi connectivity index (χ3n) is 2.87. The van der Waals surface area contributed by atoms with Crippen LogP contribution < -0.4 is 10.6 Å². The molecule has 0 radical (unpaired) electrons. The molecule has 1 aromatic carbocycles. The van der Waals surface area contributed by atoms with E-state index in [2.05, 4.69) is 10.6 Å². The largest absolute Gasteiger partial charge is 0.508 e. The van der Waals surface area contributed by atoms with Crippen molar-refractivity contribution in [3.63, 3.8) is 0 Å². The maximum atomic E-state index is 11.6. The first-order chi connectivity index (χ1) is 8.85. The summed E-state index contributed by atoms with van der Waals surface area (Å²) in [6.07, 6.45) is 0.494. The number of hydrogen-bond donors (Lipinski definition) is 3. The Bertz CT molecular complexity index is 476. The average molecular weight is 264 g/mol. The number of rotatable bonds is 2. The maximum absolute atomic E-state index is 11.6. The van der Waals surface area contributed by atoms with E-state index in [1.54, 1.807) is 32.9 Å². The van der Waals surface area contributed by atoms with Crippen LogP contribution in [0.3, 0.4) is 0 Å². The van der Waals surface area contributed by atoms with Crippen molar-refractivity contribution in [2.75, 3.05) is 11.9 Å². The second-order valence-electron chi connectivity index (χ2n) is 5.70. The molecule has 1 amide bonds. The fourth-order valence-corrected chi connectivity index (χ4v) is 1.89. The zero-order valence-electron chi connectivity index (χ0n) is 11.5. The van der Waals surface area contributed by atoms with Gasteiger partial charge >= 0.3 is 6.09 Å². The zero-order valence-corrected chi connectivity index (χ0v) is 11.5. The minimum absolute atomic E-state index is 0.186. The van der Waals surface area contributed by atoms with Crippen LogP contribution in [0.15, 0.2) is 18.2 Å². The fraction of sp³-hybridized carbons (Fsp3) is 0.500. The Labute approximate surface area is 113 Å². The Morgan fingerprint density at radius 3 is 2.63 bits per heavy atom. The van der Waals surface area contributed by atoms with Crippen LogP contribution in [-0.4, -0.2) is 23.3 Å². The molecule has 1 heterocycles. The van der Waals surface area contributed by atoms with Gasteiger partial charge in [0.15, 0.2) is 0 Å². The van der Waals surface area contributed by atoms with Crippen molar-refractivity contribution in [3.8, 4) is 5.75 Å². The van der Waals surface area contributed by atoms with E-state index in [9.17, 15) is 9.90 Å². The van der Waals surface area contributed by atoms with Crippen molar-refractivity contribution in [2.45, 2.75) is 38.8 Å². The lowest BCUT2D eigenvalue weighted by atomic mass is 9.97. The highest BCUT2D eigenvalue weighted by molar-refractivity contribution is 5.85. The minimum atomic E-state index is -0.540. The minimum Gasteiger partial charge on any atom is -0.508 e. The number of hydrogen-bond acceptors (Lipinski definition) is 4. The molecule has 1 aromatic rings. The number of phenols is 1. The molecule has 0 bridgehead atoms. The van der Waals surface area contributed by atoms with E-state index >= 15 is 0 Å². The van der Waals surface area contributed by atoms with Gasteiger partial charge in [0.1, 0.15) is 11.4 Å². The van der Waals surface area contributed by atoms with Crippen molar-refractivity contribution in [3.05, 3.63) is 23.8 Å². The van der Waals surface area contributed by atoms with Gasteiger partial charge in [0.05, 0.1) is 0 Å². The Hall–Kier alpha value is -1.75. The monoisotopic (exact) mass is 264 g/mol. The molecule has 0 saturated carbocycles. The van der Waals surface area contributed by atoms with E-state index in [1.807, 2.05) is 6.07 Å². The van der Waals surface area contributed by atoms with Gasteiger partial charge in [0, 0.05) is 23.4 Å². The lowest BCUT2D eigenvalue weighted by Gasteiger charge is -2.28. The summed E-state index contributed by atoms with van der Waals surface area (Å²) in [6, 6.07) is 5.34. The number of carbonyl (C=O) groups is 1. The van der Waals surface area contributed by atoms with E-state index in [-0.39, 0.29) is 11.8 Å². The first-order valence-corrected chi connectivity index (χ1v) is 6.41. The third-order valence-corrected chi connectivity index (χ3v) is 2.87. The molecule has 1 aliphatic heterocycles. The number of carbonyl (C=O) groups excluding carboxylic acids is 1. The normalized spacial score (nSPS) is 18.6. The van der Waals surface area contributed by atoms with Gasteiger partial charge in [-0.2, -0.15) is 0 Å². The van der Waals surface area contributed by atoms with Crippen molar-refractivity contribution >= 4 is 11.8 Å². The molecule has 2 rings (SSSR count). The van der Waals surface area contributed by atoms with Crippen molar-refractivity contribution < 1.29 is 14.6 Å². The molecule has 1 atom stereocenters. The Kier molecular flexibility index (Phi) is 3.66. The van der Waals surface area contributed by atoms with E-state index < -0.39 is 11.7 Å².